The maximum Gasteiger partial charge on any atom is 0.217 e. The van der Waals surface area contributed by atoms with Crippen LogP contribution in [0.15, 0.2) is 10.7 Å². The van der Waals surface area contributed by atoms with Crippen molar-refractivity contribution in [1.82, 2.24) is 9.97 Å². The Labute approximate surface area is 111 Å². The molecule has 0 radical (unpaired) electrons. The lowest BCUT2D eigenvalue weighted by Crippen LogP contribution is -2.28. The molecule has 0 amide bonds. The summed E-state index contributed by atoms with van der Waals surface area (Å²) in [4.78, 5) is 8.48. The van der Waals surface area contributed by atoms with Gasteiger partial charge in [-0.25, -0.2) is 4.98 Å². The number of rotatable bonds is 2. The monoisotopic (exact) mass is 298 g/mol. The van der Waals surface area contributed by atoms with Gasteiger partial charge in [0.25, 0.3) is 0 Å². The van der Waals surface area contributed by atoms with Crippen LogP contribution in [0, 0.1) is 12.3 Å². The molecule has 1 heterocycles. The van der Waals surface area contributed by atoms with E-state index in [1.807, 2.05) is 13.0 Å². The summed E-state index contributed by atoms with van der Waals surface area (Å²) in [5.41, 5.74) is 0.474. The molecule has 1 aromatic heterocycles. The van der Waals surface area contributed by atoms with Crippen molar-refractivity contribution in [3.05, 3.63) is 16.5 Å². The van der Waals surface area contributed by atoms with Gasteiger partial charge in [0.05, 0.1) is 0 Å². The summed E-state index contributed by atoms with van der Waals surface area (Å²) in [5, 5.41) is 0. The van der Waals surface area contributed by atoms with Crippen LogP contribution < -0.4 is 4.74 Å². The molecule has 94 valence electrons. The summed E-state index contributed by atoms with van der Waals surface area (Å²) in [7, 11) is 0. The molecule has 1 aromatic rings. The van der Waals surface area contributed by atoms with E-state index in [2.05, 4.69) is 39.7 Å². The molecule has 1 aliphatic carbocycles. The van der Waals surface area contributed by atoms with E-state index in [0.29, 0.717) is 17.4 Å². The molecule has 1 fully saturated rings. The van der Waals surface area contributed by atoms with Gasteiger partial charge in [-0.3, -0.25) is 0 Å². The van der Waals surface area contributed by atoms with Gasteiger partial charge in [0.2, 0.25) is 5.88 Å². The first-order valence-electron chi connectivity index (χ1n) is 6.12. The fourth-order valence-corrected chi connectivity index (χ4v) is 2.68. The van der Waals surface area contributed by atoms with Crippen LogP contribution in [0.5, 0.6) is 5.88 Å². The third-order valence-corrected chi connectivity index (χ3v) is 3.76. The van der Waals surface area contributed by atoms with E-state index >= 15 is 0 Å². The molecule has 3 nitrogen and oxygen atoms in total. The second-order valence-corrected chi connectivity index (χ2v) is 6.37. The number of ether oxygens (including phenoxy) is 1. The van der Waals surface area contributed by atoms with E-state index in [1.165, 1.54) is 12.8 Å². The Balaban J connectivity index is 1.97. The molecule has 0 bridgehead atoms. The van der Waals surface area contributed by atoms with Crippen molar-refractivity contribution in [3.8, 4) is 5.88 Å². The van der Waals surface area contributed by atoms with Gasteiger partial charge in [-0.1, -0.05) is 13.8 Å². The van der Waals surface area contributed by atoms with Gasteiger partial charge < -0.3 is 4.74 Å². The van der Waals surface area contributed by atoms with Crippen molar-refractivity contribution in [1.29, 1.82) is 0 Å². The molecule has 17 heavy (non-hydrogen) atoms. The zero-order chi connectivity index (χ0) is 12.5. The van der Waals surface area contributed by atoms with E-state index in [-0.39, 0.29) is 0 Å². The fourth-order valence-electron chi connectivity index (χ4n) is 2.23. The first-order chi connectivity index (χ1) is 7.94. The summed E-state index contributed by atoms with van der Waals surface area (Å²) in [6.45, 7) is 6.53. The van der Waals surface area contributed by atoms with Crippen LogP contribution in [0.1, 0.15) is 45.4 Å². The predicted molar refractivity (Wildman–Crippen MR) is 71.1 cm³/mol. The Morgan fingerprint density at radius 2 is 1.94 bits per heavy atom. The Kier molecular flexibility index (Phi) is 3.71. The van der Waals surface area contributed by atoms with Gasteiger partial charge in [0, 0.05) is 6.07 Å². The molecule has 2 rings (SSSR count). The number of aryl methyl sites for hydroxylation is 1. The molecule has 0 unspecified atom stereocenters. The minimum Gasteiger partial charge on any atom is -0.474 e. The molecule has 0 saturated heterocycles. The van der Waals surface area contributed by atoms with Crippen molar-refractivity contribution >= 4 is 15.9 Å². The van der Waals surface area contributed by atoms with Crippen LogP contribution in [0.3, 0.4) is 0 Å². The lowest BCUT2D eigenvalue weighted by molar-refractivity contribution is 0.0945. The highest BCUT2D eigenvalue weighted by Crippen LogP contribution is 2.36. The van der Waals surface area contributed by atoms with E-state index < -0.39 is 0 Å². The average Bonchev–Trinajstić information content (AvgIpc) is 2.20. The highest BCUT2D eigenvalue weighted by atomic mass is 79.9. The highest BCUT2D eigenvalue weighted by molar-refractivity contribution is 9.10. The topological polar surface area (TPSA) is 35.0 Å². The Hall–Kier alpha value is -0.640. The molecular formula is C13H19BrN2O. The zero-order valence-electron chi connectivity index (χ0n) is 10.7. The molecule has 0 N–H and O–H groups in total. The van der Waals surface area contributed by atoms with Crippen molar-refractivity contribution in [3.63, 3.8) is 0 Å². The van der Waals surface area contributed by atoms with Gasteiger partial charge in [-0.2, -0.15) is 4.98 Å². The van der Waals surface area contributed by atoms with Crippen LogP contribution in [-0.4, -0.2) is 16.1 Å². The van der Waals surface area contributed by atoms with Gasteiger partial charge >= 0.3 is 0 Å². The Morgan fingerprint density at radius 3 is 2.53 bits per heavy atom. The normalized spacial score (nSPS) is 20.2. The molecule has 0 aromatic carbocycles. The van der Waals surface area contributed by atoms with Gasteiger partial charge in [-0.05, 0) is 54.0 Å². The molecular weight excluding hydrogens is 280 g/mol. The van der Waals surface area contributed by atoms with Crippen LogP contribution in [0.4, 0.5) is 0 Å². The summed E-state index contributed by atoms with van der Waals surface area (Å²) in [5.74, 6) is 1.43. The third kappa shape index (κ3) is 3.66. The van der Waals surface area contributed by atoms with Crippen molar-refractivity contribution in [2.45, 2.75) is 52.6 Å². The Morgan fingerprint density at radius 1 is 1.29 bits per heavy atom. The number of nitrogens with zero attached hydrogens (tertiary/aromatic N) is 2. The fraction of sp³-hybridized carbons (Fsp3) is 0.692. The standard InChI is InChI=1S/C13H19BrN2O/c1-9-15-11(14)8-12(16-9)17-10-4-6-13(2,3)7-5-10/h8,10H,4-7H2,1-3H3. The van der Waals surface area contributed by atoms with Gasteiger partial charge in [0.1, 0.15) is 16.5 Å². The zero-order valence-corrected chi connectivity index (χ0v) is 12.2. The third-order valence-electron chi connectivity index (χ3n) is 3.36. The lowest BCUT2D eigenvalue weighted by atomic mass is 9.76. The van der Waals surface area contributed by atoms with Gasteiger partial charge in [-0.15, -0.1) is 0 Å². The van der Waals surface area contributed by atoms with E-state index in [4.69, 9.17) is 4.74 Å². The average molecular weight is 299 g/mol. The van der Waals surface area contributed by atoms with Crippen LogP contribution in [0.2, 0.25) is 0 Å². The molecule has 0 atom stereocenters. The summed E-state index contributed by atoms with van der Waals surface area (Å²) >= 11 is 3.36. The maximum atomic E-state index is 5.93. The largest absolute Gasteiger partial charge is 0.474 e. The van der Waals surface area contributed by atoms with Crippen LogP contribution in [0.25, 0.3) is 0 Å². The summed E-state index contributed by atoms with van der Waals surface area (Å²) in [6.07, 6.45) is 5.00. The molecule has 0 aliphatic heterocycles. The summed E-state index contributed by atoms with van der Waals surface area (Å²) < 4.78 is 6.72. The van der Waals surface area contributed by atoms with Gasteiger partial charge in [0.15, 0.2) is 0 Å². The first kappa shape index (κ1) is 12.8. The SMILES string of the molecule is Cc1nc(Br)cc(OC2CCC(C)(C)CC2)n1. The van der Waals surface area contributed by atoms with Crippen molar-refractivity contribution in [2.75, 3.05) is 0 Å². The van der Waals surface area contributed by atoms with E-state index in [1.54, 1.807) is 0 Å². The second kappa shape index (κ2) is 4.92. The quantitative estimate of drug-likeness (QED) is 0.777. The summed E-state index contributed by atoms with van der Waals surface area (Å²) in [6, 6.07) is 1.84. The molecule has 4 heteroatoms. The molecule has 1 aliphatic rings. The predicted octanol–water partition coefficient (Wildman–Crippen LogP) is 3.90. The molecule has 0 spiro atoms. The molecule has 1 saturated carbocycles. The number of hydrogen-bond donors (Lipinski definition) is 0. The highest BCUT2D eigenvalue weighted by Gasteiger charge is 2.28. The van der Waals surface area contributed by atoms with Crippen molar-refractivity contribution in [2.24, 2.45) is 5.41 Å². The Bertz CT molecular complexity index is 376. The van der Waals surface area contributed by atoms with Crippen molar-refractivity contribution < 1.29 is 4.74 Å². The number of halogens is 1. The minimum absolute atomic E-state index is 0.309. The maximum absolute atomic E-state index is 5.93. The van der Waals surface area contributed by atoms with E-state index in [0.717, 1.165) is 23.3 Å². The minimum atomic E-state index is 0.309. The van der Waals surface area contributed by atoms with E-state index in [9.17, 15) is 0 Å². The lowest BCUT2D eigenvalue weighted by Gasteiger charge is -2.34. The second-order valence-electron chi connectivity index (χ2n) is 5.56. The smallest absolute Gasteiger partial charge is 0.217 e. The first-order valence-corrected chi connectivity index (χ1v) is 6.92. The van der Waals surface area contributed by atoms with Crippen LogP contribution >= 0.6 is 15.9 Å². The number of aromatic nitrogens is 2. The van der Waals surface area contributed by atoms with Crippen LogP contribution in [-0.2, 0) is 0 Å². The number of hydrogen-bond acceptors (Lipinski definition) is 3.